The summed E-state index contributed by atoms with van der Waals surface area (Å²) in [5.41, 5.74) is 5.35. The molecule has 2 aromatic carbocycles. The maximum Gasteiger partial charge on any atom is 0.271 e. The van der Waals surface area contributed by atoms with Gasteiger partial charge < -0.3 is 10.0 Å². The summed E-state index contributed by atoms with van der Waals surface area (Å²) in [6, 6.07) is 14.2. The molecule has 0 aromatic heterocycles. The molecule has 0 aliphatic carbocycles. The van der Waals surface area contributed by atoms with Gasteiger partial charge in [-0.2, -0.15) is 5.10 Å². The van der Waals surface area contributed by atoms with Crippen LogP contribution >= 0.6 is 0 Å². The van der Waals surface area contributed by atoms with Crippen LogP contribution in [0.1, 0.15) is 29.3 Å². The number of phenolic OH excluding ortho intramolecular Hbond substituents is 1. The molecule has 0 atom stereocenters. The van der Waals surface area contributed by atoms with Gasteiger partial charge in [-0.05, 0) is 42.8 Å². The molecule has 0 saturated carbocycles. The van der Waals surface area contributed by atoms with Crippen LogP contribution in [0.25, 0.3) is 0 Å². The first-order valence-corrected chi connectivity index (χ1v) is 7.45. The maximum atomic E-state index is 12.2. The summed E-state index contributed by atoms with van der Waals surface area (Å²) >= 11 is 0. The number of carbonyl (C=O) groups excluding carboxylic acids is 1. The first-order chi connectivity index (χ1) is 11.0. The average Bonchev–Trinajstić information content (AvgIpc) is 2.56. The summed E-state index contributed by atoms with van der Waals surface area (Å²) < 4.78 is 0. The standard InChI is InChI=1S/C18H21N3O2/c1-4-16(15-7-5-6-8-17(15)22)19-20-18(23)13-9-11-14(12-10-13)21(2)3/h5-12,22H,4H2,1-3H3,(H,20,23)/b19-16+. The van der Waals surface area contributed by atoms with Crippen LogP contribution < -0.4 is 10.3 Å². The Balaban J connectivity index is 2.14. The summed E-state index contributed by atoms with van der Waals surface area (Å²) in [7, 11) is 3.89. The predicted molar refractivity (Wildman–Crippen MR) is 93.2 cm³/mol. The minimum atomic E-state index is -0.281. The molecule has 2 rings (SSSR count). The van der Waals surface area contributed by atoms with Crippen LogP contribution in [-0.2, 0) is 0 Å². The Bertz CT molecular complexity index is 706. The molecule has 0 bridgehead atoms. The highest BCUT2D eigenvalue weighted by Gasteiger charge is 2.09. The number of phenols is 1. The molecule has 5 heteroatoms. The van der Waals surface area contributed by atoms with Gasteiger partial charge in [0, 0.05) is 30.9 Å². The van der Waals surface area contributed by atoms with Gasteiger partial charge >= 0.3 is 0 Å². The zero-order valence-corrected chi connectivity index (χ0v) is 13.6. The number of anilines is 1. The second kappa shape index (κ2) is 7.45. The number of amides is 1. The number of nitrogens with zero attached hydrogens (tertiary/aromatic N) is 2. The number of rotatable bonds is 5. The van der Waals surface area contributed by atoms with Crippen molar-refractivity contribution in [3.05, 3.63) is 59.7 Å². The second-order valence-electron chi connectivity index (χ2n) is 5.31. The molecule has 0 unspecified atom stereocenters. The third-order valence-electron chi connectivity index (χ3n) is 3.49. The minimum Gasteiger partial charge on any atom is -0.507 e. The van der Waals surface area contributed by atoms with E-state index in [2.05, 4.69) is 10.5 Å². The van der Waals surface area contributed by atoms with Gasteiger partial charge in [-0.15, -0.1) is 0 Å². The molecule has 0 spiro atoms. The van der Waals surface area contributed by atoms with E-state index in [1.807, 2.05) is 44.1 Å². The normalized spacial score (nSPS) is 11.2. The summed E-state index contributed by atoms with van der Waals surface area (Å²) in [6.45, 7) is 1.92. The van der Waals surface area contributed by atoms with Crippen LogP contribution in [0.4, 0.5) is 5.69 Å². The lowest BCUT2D eigenvalue weighted by molar-refractivity contribution is 0.0955. The van der Waals surface area contributed by atoms with E-state index in [0.29, 0.717) is 23.3 Å². The van der Waals surface area contributed by atoms with Crippen LogP contribution in [0.15, 0.2) is 53.6 Å². The quantitative estimate of drug-likeness (QED) is 0.659. The summed E-state index contributed by atoms with van der Waals surface area (Å²) in [6.07, 6.45) is 0.595. The van der Waals surface area contributed by atoms with E-state index in [-0.39, 0.29) is 11.7 Å². The Morgan fingerprint density at radius 3 is 2.35 bits per heavy atom. The van der Waals surface area contributed by atoms with E-state index in [9.17, 15) is 9.90 Å². The SMILES string of the molecule is CC/C(=N\NC(=O)c1ccc(N(C)C)cc1)c1ccccc1O. The number of benzene rings is 2. The monoisotopic (exact) mass is 311 g/mol. The van der Waals surface area contributed by atoms with Gasteiger partial charge in [0.05, 0.1) is 5.71 Å². The lowest BCUT2D eigenvalue weighted by Gasteiger charge is -2.12. The first-order valence-electron chi connectivity index (χ1n) is 7.45. The molecule has 0 aliphatic rings. The molecule has 5 nitrogen and oxygen atoms in total. The molecule has 23 heavy (non-hydrogen) atoms. The molecule has 0 saturated heterocycles. The van der Waals surface area contributed by atoms with E-state index in [4.69, 9.17) is 0 Å². The van der Waals surface area contributed by atoms with Crippen molar-refractivity contribution >= 4 is 17.3 Å². The lowest BCUT2D eigenvalue weighted by atomic mass is 10.1. The van der Waals surface area contributed by atoms with Crippen molar-refractivity contribution < 1.29 is 9.90 Å². The van der Waals surface area contributed by atoms with Gasteiger partial charge in [0.25, 0.3) is 5.91 Å². The van der Waals surface area contributed by atoms with Gasteiger partial charge in [-0.3, -0.25) is 4.79 Å². The van der Waals surface area contributed by atoms with Crippen LogP contribution in [0, 0.1) is 0 Å². The van der Waals surface area contributed by atoms with E-state index in [1.165, 1.54) is 0 Å². The molecular weight excluding hydrogens is 290 g/mol. The van der Waals surface area contributed by atoms with Crippen LogP contribution in [0.3, 0.4) is 0 Å². The number of hydrogen-bond donors (Lipinski definition) is 2. The predicted octanol–water partition coefficient (Wildman–Crippen LogP) is 3.00. The molecular formula is C18H21N3O2. The number of carbonyl (C=O) groups is 1. The summed E-state index contributed by atoms with van der Waals surface area (Å²) in [5.74, 6) is -0.130. The number of aromatic hydroxyl groups is 1. The van der Waals surface area contributed by atoms with Gasteiger partial charge in [-0.25, -0.2) is 5.43 Å². The molecule has 0 heterocycles. The number of nitrogens with one attached hydrogen (secondary N) is 1. The van der Waals surface area contributed by atoms with Crippen LogP contribution in [0.2, 0.25) is 0 Å². The lowest BCUT2D eigenvalue weighted by Crippen LogP contribution is -2.20. The van der Waals surface area contributed by atoms with E-state index >= 15 is 0 Å². The van der Waals surface area contributed by atoms with E-state index in [1.54, 1.807) is 30.3 Å². The number of hydrazone groups is 1. The van der Waals surface area contributed by atoms with Crippen molar-refractivity contribution in [1.82, 2.24) is 5.43 Å². The van der Waals surface area contributed by atoms with Gasteiger partial charge in [0.1, 0.15) is 5.75 Å². The Morgan fingerprint density at radius 1 is 1.13 bits per heavy atom. The van der Waals surface area contributed by atoms with Crippen molar-refractivity contribution in [2.24, 2.45) is 5.10 Å². The number of para-hydroxylation sites is 1. The van der Waals surface area contributed by atoms with Crippen LogP contribution in [-0.4, -0.2) is 30.8 Å². The molecule has 1 amide bonds. The highest BCUT2D eigenvalue weighted by atomic mass is 16.3. The van der Waals surface area contributed by atoms with E-state index < -0.39 is 0 Å². The fraction of sp³-hybridized carbons (Fsp3) is 0.222. The largest absolute Gasteiger partial charge is 0.507 e. The molecule has 0 aliphatic heterocycles. The van der Waals surface area contributed by atoms with Crippen LogP contribution in [0.5, 0.6) is 5.75 Å². The highest BCUT2D eigenvalue weighted by Crippen LogP contribution is 2.18. The Morgan fingerprint density at radius 2 is 1.78 bits per heavy atom. The first kappa shape index (κ1) is 16.5. The van der Waals surface area contributed by atoms with Crippen molar-refractivity contribution in [3.63, 3.8) is 0 Å². The zero-order chi connectivity index (χ0) is 16.8. The zero-order valence-electron chi connectivity index (χ0n) is 13.6. The number of hydrogen-bond acceptors (Lipinski definition) is 4. The van der Waals surface area contributed by atoms with Crippen molar-refractivity contribution in [3.8, 4) is 5.75 Å². The van der Waals surface area contributed by atoms with Crippen molar-refractivity contribution in [2.75, 3.05) is 19.0 Å². The maximum absolute atomic E-state index is 12.2. The van der Waals surface area contributed by atoms with Gasteiger partial charge in [-0.1, -0.05) is 19.1 Å². The van der Waals surface area contributed by atoms with Gasteiger partial charge in [0.2, 0.25) is 0 Å². The molecule has 2 N–H and O–H groups in total. The Hall–Kier alpha value is -2.82. The van der Waals surface area contributed by atoms with Crippen molar-refractivity contribution in [1.29, 1.82) is 0 Å². The summed E-state index contributed by atoms with van der Waals surface area (Å²) in [5, 5.41) is 14.0. The fourth-order valence-corrected chi connectivity index (χ4v) is 2.14. The molecule has 0 fully saturated rings. The highest BCUT2D eigenvalue weighted by molar-refractivity contribution is 6.04. The third kappa shape index (κ3) is 4.10. The fourth-order valence-electron chi connectivity index (χ4n) is 2.14. The average molecular weight is 311 g/mol. The summed E-state index contributed by atoms with van der Waals surface area (Å²) in [4.78, 5) is 14.1. The smallest absolute Gasteiger partial charge is 0.271 e. The van der Waals surface area contributed by atoms with E-state index in [0.717, 1.165) is 5.69 Å². The Kier molecular flexibility index (Phi) is 5.36. The Labute approximate surface area is 136 Å². The molecule has 0 radical (unpaired) electrons. The third-order valence-corrected chi connectivity index (χ3v) is 3.49. The minimum absolute atomic E-state index is 0.151. The van der Waals surface area contributed by atoms with Crippen molar-refractivity contribution in [2.45, 2.75) is 13.3 Å². The van der Waals surface area contributed by atoms with Gasteiger partial charge in [0.15, 0.2) is 0 Å². The second-order valence-corrected chi connectivity index (χ2v) is 5.31. The topological polar surface area (TPSA) is 64.9 Å². The molecule has 2 aromatic rings. The molecule has 120 valence electrons.